The normalized spacial score (nSPS) is 12.3. The molecule has 3 nitrogen and oxygen atoms in total. The monoisotopic (exact) mass is 299 g/mol. The van der Waals surface area contributed by atoms with Crippen LogP contribution in [0.3, 0.4) is 0 Å². The maximum Gasteiger partial charge on any atom is 0.391 e. The maximum atomic E-state index is 12.2. The summed E-state index contributed by atoms with van der Waals surface area (Å²) in [6, 6.07) is 3.78. The van der Waals surface area contributed by atoms with E-state index >= 15 is 0 Å². The number of aliphatic hydroxyl groups is 1. The van der Waals surface area contributed by atoms with E-state index in [1.54, 1.807) is 19.1 Å². The number of aliphatic hydroxyl groups excluding tert-OH is 1. The van der Waals surface area contributed by atoms with Gasteiger partial charge in [0.25, 0.3) is 5.91 Å². The second-order valence-corrected chi connectivity index (χ2v) is 4.63. The molecule has 0 radical (unpaired) electrons. The molecule has 6 heteroatoms. The molecule has 1 unspecified atom stereocenters. The van der Waals surface area contributed by atoms with Gasteiger partial charge in [0.2, 0.25) is 0 Å². The molecule has 1 aromatic rings. The fraction of sp³-hybridized carbons (Fsp3) is 0.400. The molecule has 1 atom stereocenters. The van der Waals surface area contributed by atoms with Crippen LogP contribution in [0, 0.1) is 18.8 Å². The SMILES string of the molecule is Cc1c(C#CCO)cccc1C(=O)NC(C)CC(F)(F)F. The molecular formula is C15H16F3NO2. The number of carbonyl (C=O) groups is 1. The molecule has 0 aliphatic carbocycles. The number of carbonyl (C=O) groups excluding carboxylic acids is 1. The van der Waals surface area contributed by atoms with Gasteiger partial charge in [-0.05, 0) is 31.5 Å². The van der Waals surface area contributed by atoms with Crippen molar-refractivity contribution in [2.75, 3.05) is 6.61 Å². The van der Waals surface area contributed by atoms with Crippen molar-refractivity contribution >= 4 is 5.91 Å². The minimum atomic E-state index is -4.32. The Morgan fingerprint density at radius 3 is 2.67 bits per heavy atom. The van der Waals surface area contributed by atoms with Crippen LogP contribution < -0.4 is 5.32 Å². The second kappa shape index (κ2) is 7.14. The van der Waals surface area contributed by atoms with Gasteiger partial charge in [0, 0.05) is 17.2 Å². The highest BCUT2D eigenvalue weighted by Crippen LogP contribution is 2.21. The quantitative estimate of drug-likeness (QED) is 0.842. The van der Waals surface area contributed by atoms with E-state index in [1.165, 1.54) is 13.0 Å². The van der Waals surface area contributed by atoms with Crippen molar-refractivity contribution in [2.24, 2.45) is 0 Å². The van der Waals surface area contributed by atoms with Gasteiger partial charge in [-0.15, -0.1) is 0 Å². The Bertz CT molecular complexity index is 571. The number of rotatable bonds is 3. The molecule has 0 saturated heterocycles. The third-order valence-corrected chi connectivity index (χ3v) is 2.80. The number of hydrogen-bond donors (Lipinski definition) is 2. The van der Waals surface area contributed by atoms with Gasteiger partial charge in [-0.3, -0.25) is 4.79 Å². The maximum absolute atomic E-state index is 12.2. The molecule has 0 aliphatic heterocycles. The molecule has 0 aromatic heterocycles. The van der Waals surface area contributed by atoms with Gasteiger partial charge >= 0.3 is 6.18 Å². The molecule has 1 rings (SSSR count). The molecule has 0 fully saturated rings. The van der Waals surface area contributed by atoms with Gasteiger partial charge < -0.3 is 10.4 Å². The zero-order chi connectivity index (χ0) is 16.0. The Labute approximate surface area is 121 Å². The summed E-state index contributed by atoms with van der Waals surface area (Å²) in [5, 5.41) is 11.0. The van der Waals surface area contributed by atoms with Crippen LogP contribution in [0.2, 0.25) is 0 Å². The highest BCUT2D eigenvalue weighted by atomic mass is 19.4. The summed E-state index contributed by atoms with van der Waals surface area (Å²) < 4.78 is 36.7. The number of hydrogen-bond acceptors (Lipinski definition) is 2. The van der Waals surface area contributed by atoms with E-state index in [2.05, 4.69) is 17.2 Å². The molecule has 21 heavy (non-hydrogen) atoms. The smallest absolute Gasteiger partial charge is 0.384 e. The first kappa shape index (κ1) is 17.1. The van der Waals surface area contributed by atoms with Crippen LogP contribution in [-0.4, -0.2) is 29.8 Å². The predicted molar refractivity (Wildman–Crippen MR) is 72.7 cm³/mol. The van der Waals surface area contributed by atoms with Crippen LogP contribution >= 0.6 is 0 Å². The van der Waals surface area contributed by atoms with E-state index in [0.29, 0.717) is 11.1 Å². The van der Waals surface area contributed by atoms with Gasteiger partial charge in [-0.1, -0.05) is 17.9 Å². The summed E-state index contributed by atoms with van der Waals surface area (Å²) >= 11 is 0. The van der Waals surface area contributed by atoms with Gasteiger partial charge in [-0.25, -0.2) is 0 Å². The Morgan fingerprint density at radius 2 is 2.10 bits per heavy atom. The number of nitrogens with one attached hydrogen (secondary N) is 1. The van der Waals surface area contributed by atoms with Crippen molar-refractivity contribution in [3.05, 3.63) is 34.9 Å². The van der Waals surface area contributed by atoms with Crippen LogP contribution in [0.25, 0.3) is 0 Å². The lowest BCUT2D eigenvalue weighted by Crippen LogP contribution is -2.36. The fourth-order valence-corrected chi connectivity index (χ4v) is 1.85. The number of alkyl halides is 3. The molecule has 1 amide bonds. The average molecular weight is 299 g/mol. The Kier molecular flexibility index (Phi) is 5.79. The Balaban J connectivity index is 2.88. The molecule has 0 spiro atoms. The summed E-state index contributed by atoms with van der Waals surface area (Å²) in [6.45, 7) is 2.65. The summed E-state index contributed by atoms with van der Waals surface area (Å²) in [6.07, 6.45) is -5.40. The Hall–Kier alpha value is -2.00. The van der Waals surface area contributed by atoms with Crippen LogP contribution in [0.4, 0.5) is 13.2 Å². The van der Waals surface area contributed by atoms with Crippen molar-refractivity contribution in [1.29, 1.82) is 0 Å². The molecular weight excluding hydrogens is 283 g/mol. The Morgan fingerprint density at radius 1 is 1.43 bits per heavy atom. The third kappa shape index (κ3) is 5.48. The van der Waals surface area contributed by atoms with Crippen molar-refractivity contribution in [1.82, 2.24) is 5.32 Å². The average Bonchev–Trinajstić information content (AvgIpc) is 2.35. The molecule has 114 valence electrons. The number of benzene rings is 1. The van der Waals surface area contributed by atoms with Gasteiger partial charge in [0.15, 0.2) is 0 Å². The topological polar surface area (TPSA) is 49.3 Å². The summed E-state index contributed by atoms with van der Waals surface area (Å²) in [7, 11) is 0. The minimum absolute atomic E-state index is 0.272. The zero-order valence-corrected chi connectivity index (χ0v) is 11.7. The molecule has 2 N–H and O–H groups in total. The molecule has 0 heterocycles. The molecule has 0 bridgehead atoms. The predicted octanol–water partition coefficient (Wildman–Crippen LogP) is 2.41. The van der Waals surface area contributed by atoms with Crippen molar-refractivity contribution in [2.45, 2.75) is 32.5 Å². The van der Waals surface area contributed by atoms with Crippen molar-refractivity contribution in [3.63, 3.8) is 0 Å². The fourth-order valence-electron chi connectivity index (χ4n) is 1.85. The van der Waals surface area contributed by atoms with Crippen LogP contribution in [-0.2, 0) is 0 Å². The van der Waals surface area contributed by atoms with Crippen LogP contribution in [0.5, 0.6) is 0 Å². The highest BCUT2D eigenvalue weighted by molar-refractivity contribution is 5.96. The van der Waals surface area contributed by atoms with Crippen molar-refractivity contribution < 1.29 is 23.1 Å². The van der Waals surface area contributed by atoms with E-state index in [0.717, 1.165) is 0 Å². The zero-order valence-electron chi connectivity index (χ0n) is 11.7. The van der Waals surface area contributed by atoms with E-state index in [4.69, 9.17) is 5.11 Å². The second-order valence-electron chi connectivity index (χ2n) is 4.63. The van der Waals surface area contributed by atoms with E-state index in [1.807, 2.05) is 0 Å². The lowest BCUT2D eigenvalue weighted by Gasteiger charge is -2.16. The first-order valence-electron chi connectivity index (χ1n) is 6.31. The molecule has 1 aromatic carbocycles. The molecule has 0 saturated carbocycles. The van der Waals surface area contributed by atoms with Crippen molar-refractivity contribution in [3.8, 4) is 11.8 Å². The number of halogens is 3. The van der Waals surface area contributed by atoms with Crippen LogP contribution in [0.15, 0.2) is 18.2 Å². The van der Waals surface area contributed by atoms with E-state index in [-0.39, 0.29) is 12.2 Å². The lowest BCUT2D eigenvalue weighted by molar-refractivity contribution is -0.138. The van der Waals surface area contributed by atoms with Gasteiger partial charge in [0.05, 0.1) is 6.42 Å². The summed E-state index contributed by atoms with van der Waals surface area (Å²) in [5.74, 6) is 4.59. The van der Waals surface area contributed by atoms with Gasteiger partial charge in [0.1, 0.15) is 6.61 Å². The minimum Gasteiger partial charge on any atom is -0.384 e. The third-order valence-electron chi connectivity index (χ3n) is 2.80. The summed E-state index contributed by atoms with van der Waals surface area (Å²) in [4.78, 5) is 12.0. The first-order valence-corrected chi connectivity index (χ1v) is 6.31. The summed E-state index contributed by atoms with van der Waals surface area (Å²) in [5.41, 5.74) is 1.39. The molecule has 0 aliphatic rings. The standard InChI is InChI=1S/C15H16F3NO2/c1-10(9-15(16,17)18)19-14(21)13-7-3-5-12(11(13)2)6-4-8-20/h3,5,7,10,20H,8-9H2,1-2H3,(H,19,21). The largest absolute Gasteiger partial charge is 0.391 e. The highest BCUT2D eigenvalue weighted by Gasteiger charge is 2.30. The van der Waals surface area contributed by atoms with E-state index < -0.39 is 24.5 Å². The first-order chi connectivity index (χ1) is 9.74. The van der Waals surface area contributed by atoms with Gasteiger partial charge in [-0.2, -0.15) is 13.2 Å². The lowest BCUT2D eigenvalue weighted by atomic mass is 10.0. The van der Waals surface area contributed by atoms with E-state index in [9.17, 15) is 18.0 Å². The van der Waals surface area contributed by atoms with Crippen LogP contribution in [0.1, 0.15) is 34.8 Å². The number of amides is 1.